The van der Waals surface area contributed by atoms with Crippen LogP contribution in [-0.4, -0.2) is 4.37 Å². The fraction of sp³-hybridized carbons (Fsp3) is 0. The van der Waals surface area contributed by atoms with Gasteiger partial charge in [0, 0.05) is 17.6 Å². The van der Waals surface area contributed by atoms with Gasteiger partial charge < -0.3 is 11.5 Å². The van der Waals surface area contributed by atoms with Crippen molar-refractivity contribution in [2.24, 2.45) is 11.5 Å². The molecule has 0 radical (unpaired) electrons. The minimum Gasteiger partial charge on any atom is -0.404 e. The van der Waals surface area contributed by atoms with Crippen molar-refractivity contribution in [3.05, 3.63) is 15.9 Å². The van der Waals surface area contributed by atoms with Crippen molar-refractivity contribution in [2.45, 2.75) is 0 Å². The van der Waals surface area contributed by atoms with Crippen molar-refractivity contribution in [3.63, 3.8) is 0 Å². The van der Waals surface area contributed by atoms with Gasteiger partial charge in [-0.2, -0.15) is 4.37 Å². The van der Waals surface area contributed by atoms with Crippen LogP contribution >= 0.6 is 11.5 Å². The lowest BCUT2D eigenvalue weighted by Gasteiger charge is -1.69. The summed E-state index contributed by atoms with van der Waals surface area (Å²) in [5, 5.41) is 0.891. The van der Waals surface area contributed by atoms with E-state index in [1.165, 1.54) is 23.9 Å². The van der Waals surface area contributed by atoms with Gasteiger partial charge in [0.15, 0.2) is 0 Å². The molecule has 0 aliphatic carbocycles. The molecular weight excluding hydrogens is 134 g/mol. The minimum atomic E-state index is 0.891. The molecule has 0 unspecified atom stereocenters. The Morgan fingerprint density at radius 1 is 1.44 bits per heavy atom. The molecule has 0 aliphatic rings. The highest BCUT2D eigenvalue weighted by molar-refractivity contribution is 7.03. The predicted octanol–water partition coefficient (Wildman–Crippen LogP) is -1.46. The van der Waals surface area contributed by atoms with Crippen LogP contribution in [0, 0.1) is 0 Å². The Labute approximate surface area is 56.5 Å². The third-order valence-corrected chi connectivity index (χ3v) is 1.74. The third kappa shape index (κ3) is 1.02. The summed E-state index contributed by atoms with van der Waals surface area (Å²) in [7, 11) is 0. The van der Waals surface area contributed by atoms with Crippen LogP contribution in [0.1, 0.15) is 0 Å². The Hall–Kier alpha value is -1.03. The molecule has 0 saturated carbocycles. The molecule has 1 aromatic rings. The molecule has 0 fully saturated rings. The number of aromatic nitrogens is 1. The summed E-state index contributed by atoms with van der Waals surface area (Å²) in [5.41, 5.74) is 10.5. The fourth-order valence-corrected chi connectivity index (χ4v) is 1.07. The van der Waals surface area contributed by atoms with E-state index in [9.17, 15) is 0 Å². The zero-order valence-corrected chi connectivity index (χ0v) is 5.56. The second-order valence-electron chi connectivity index (χ2n) is 1.48. The second-order valence-corrected chi connectivity index (χ2v) is 2.31. The van der Waals surface area contributed by atoms with E-state index in [0.29, 0.717) is 0 Å². The number of rotatable bonds is 0. The topological polar surface area (TPSA) is 64.9 Å². The van der Waals surface area contributed by atoms with Crippen LogP contribution in [0.4, 0.5) is 0 Å². The molecule has 0 aliphatic heterocycles. The Morgan fingerprint density at radius 2 is 2.22 bits per heavy atom. The highest BCUT2D eigenvalue weighted by atomic mass is 32.1. The molecule has 0 bridgehead atoms. The molecule has 1 rings (SSSR count). The molecule has 1 heterocycles. The van der Waals surface area contributed by atoms with Crippen LogP contribution < -0.4 is 21.2 Å². The van der Waals surface area contributed by atoms with Gasteiger partial charge in [0.2, 0.25) is 0 Å². The van der Waals surface area contributed by atoms with Crippen LogP contribution in [0.2, 0.25) is 0 Å². The predicted molar refractivity (Wildman–Crippen MR) is 38.7 cm³/mol. The standard InChI is InChI=1S/C5H7N3S/c6-1-4-3-8-9-5(4)2-7/h1-3H,6-7H2/b4-1-,5-2+. The molecule has 0 atom stereocenters. The zero-order valence-electron chi connectivity index (χ0n) is 4.74. The number of nitrogens with zero attached hydrogens (tertiary/aromatic N) is 1. The lowest BCUT2D eigenvalue weighted by atomic mass is 10.5. The van der Waals surface area contributed by atoms with Gasteiger partial charge in [0.1, 0.15) is 0 Å². The highest BCUT2D eigenvalue weighted by Gasteiger charge is 1.82. The van der Waals surface area contributed by atoms with Crippen molar-refractivity contribution < 1.29 is 0 Å². The number of hydrogen-bond donors (Lipinski definition) is 2. The summed E-state index contributed by atoms with van der Waals surface area (Å²) in [6, 6.07) is 0. The first-order chi connectivity index (χ1) is 4.38. The summed E-state index contributed by atoms with van der Waals surface area (Å²) >= 11 is 1.33. The van der Waals surface area contributed by atoms with E-state index >= 15 is 0 Å². The van der Waals surface area contributed by atoms with E-state index in [0.717, 1.165) is 9.75 Å². The van der Waals surface area contributed by atoms with E-state index in [1.807, 2.05) is 0 Å². The maximum absolute atomic E-state index is 5.24. The van der Waals surface area contributed by atoms with Crippen LogP contribution in [0.5, 0.6) is 0 Å². The van der Waals surface area contributed by atoms with Crippen molar-refractivity contribution in [1.82, 2.24) is 4.37 Å². The van der Waals surface area contributed by atoms with E-state index in [-0.39, 0.29) is 0 Å². The van der Waals surface area contributed by atoms with Crippen molar-refractivity contribution in [3.8, 4) is 0 Å². The van der Waals surface area contributed by atoms with Gasteiger partial charge in [-0.05, 0) is 11.5 Å². The molecule has 48 valence electrons. The maximum atomic E-state index is 5.24. The first-order valence-corrected chi connectivity index (χ1v) is 3.20. The monoisotopic (exact) mass is 141 g/mol. The Balaban J connectivity index is 3.50. The first-order valence-electron chi connectivity index (χ1n) is 2.43. The van der Waals surface area contributed by atoms with Crippen LogP contribution in [-0.2, 0) is 0 Å². The summed E-state index contributed by atoms with van der Waals surface area (Å²) in [4.78, 5) is 0. The summed E-state index contributed by atoms with van der Waals surface area (Å²) in [6.45, 7) is 0. The molecule has 0 amide bonds. The van der Waals surface area contributed by atoms with Gasteiger partial charge in [-0.25, -0.2) is 0 Å². The normalized spacial score (nSPS) is 14.7. The Bertz CT molecular complexity index is 259. The molecule has 3 nitrogen and oxygen atoms in total. The van der Waals surface area contributed by atoms with Crippen molar-refractivity contribution in [1.29, 1.82) is 0 Å². The third-order valence-electron chi connectivity index (χ3n) is 0.958. The molecule has 4 N–H and O–H groups in total. The number of hydrogen-bond acceptors (Lipinski definition) is 4. The number of nitrogens with two attached hydrogens (primary N) is 2. The first kappa shape index (κ1) is 6.10. The van der Waals surface area contributed by atoms with Crippen molar-refractivity contribution in [2.75, 3.05) is 0 Å². The average Bonchev–Trinajstić information content (AvgIpc) is 2.33. The molecule has 1 aromatic heterocycles. The van der Waals surface area contributed by atoms with Crippen molar-refractivity contribution >= 4 is 23.9 Å². The lowest BCUT2D eigenvalue weighted by Crippen LogP contribution is -2.20. The quantitative estimate of drug-likeness (QED) is 0.464. The molecule has 4 heteroatoms. The highest BCUT2D eigenvalue weighted by Crippen LogP contribution is 1.68. The van der Waals surface area contributed by atoms with E-state index in [1.54, 1.807) is 6.20 Å². The zero-order chi connectivity index (χ0) is 6.69. The smallest absolute Gasteiger partial charge is 0.0718 e. The van der Waals surface area contributed by atoms with Gasteiger partial charge in [-0.15, -0.1) is 0 Å². The van der Waals surface area contributed by atoms with Gasteiger partial charge in [0.25, 0.3) is 0 Å². The Morgan fingerprint density at radius 3 is 2.67 bits per heavy atom. The van der Waals surface area contributed by atoms with Gasteiger partial charge in [-0.3, -0.25) is 0 Å². The van der Waals surface area contributed by atoms with E-state index < -0.39 is 0 Å². The molecular formula is C5H7N3S. The largest absolute Gasteiger partial charge is 0.404 e. The van der Waals surface area contributed by atoms with Gasteiger partial charge in [-0.1, -0.05) is 0 Å². The summed E-state index contributed by atoms with van der Waals surface area (Å²) in [6.07, 6.45) is 4.67. The Kier molecular flexibility index (Phi) is 1.69. The van der Waals surface area contributed by atoms with Crippen LogP contribution in [0.3, 0.4) is 0 Å². The van der Waals surface area contributed by atoms with E-state index in [2.05, 4.69) is 4.37 Å². The SMILES string of the molecule is N/C=c1/cns/c1=C/N. The molecule has 9 heavy (non-hydrogen) atoms. The summed E-state index contributed by atoms with van der Waals surface area (Å²) in [5.74, 6) is 0. The molecule has 0 aromatic carbocycles. The fourth-order valence-electron chi connectivity index (χ4n) is 0.508. The molecule has 0 saturated heterocycles. The minimum absolute atomic E-state index is 0.891. The van der Waals surface area contributed by atoms with Gasteiger partial charge in [0.05, 0.1) is 10.7 Å². The maximum Gasteiger partial charge on any atom is 0.0718 e. The van der Waals surface area contributed by atoms with Crippen LogP contribution in [0.25, 0.3) is 12.4 Å². The van der Waals surface area contributed by atoms with Gasteiger partial charge >= 0.3 is 0 Å². The summed E-state index contributed by atoms with van der Waals surface area (Å²) < 4.78 is 4.80. The average molecular weight is 141 g/mol. The second kappa shape index (κ2) is 2.50. The lowest BCUT2D eigenvalue weighted by molar-refractivity contribution is 1.50. The molecule has 0 spiro atoms. The van der Waals surface area contributed by atoms with E-state index in [4.69, 9.17) is 11.5 Å². The van der Waals surface area contributed by atoms with Crippen LogP contribution in [0.15, 0.2) is 6.20 Å².